The highest BCUT2D eigenvalue weighted by atomic mass is 14.1. The summed E-state index contributed by atoms with van der Waals surface area (Å²) >= 11 is 0. The Morgan fingerprint density at radius 1 is 1.11 bits per heavy atom. The predicted octanol–water partition coefficient (Wildman–Crippen LogP) is 2.84. The second-order valence-electron chi connectivity index (χ2n) is 3.44. The lowest BCUT2D eigenvalue weighted by Gasteiger charge is -2.12. The molecular formula is C9H16. The molecule has 0 aliphatic carbocycles. The summed E-state index contributed by atoms with van der Waals surface area (Å²) in [7, 11) is 0. The van der Waals surface area contributed by atoms with Crippen molar-refractivity contribution in [3.05, 3.63) is 0 Å². The van der Waals surface area contributed by atoms with E-state index in [0.29, 0.717) is 5.41 Å². The van der Waals surface area contributed by atoms with Crippen LogP contribution in [0, 0.1) is 17.3 Å². The molecule has 0 atom stereocenters. The van der Waals surface area contributed by atoms with Gasteiger partial charge in [0.15, 0.2) is 0 Å². The van der Waals surface area contributed by atoms with Crippen molar-refractivity contribution >= 4 is 0 Å². The van der Waals surface area contributed by atoms with Crippen molar-refractivity contribution in [2.45, 2.75) is 40.5 Å². The van der Waals surface area contributed by atoms with Crippen LogP contribution in [0.2, 0.25) is 0 Å². The minimum atomic E-state index is 0.377. The van der Waals surface area contributed by atoms with Crippen LogP contribution in [-0.4, -0.2) is 0 Å². The molecule has 0 spiro atoms. The van der Waals surface area contributed by atoms with E-state index in [2.05, 4.69) is 39.5 Å². The molecule has 0 heteroatoms. The van der Waals surface area contributed by atoms with Gasteiger partial charge in [0.2, 0.25) is 0 Å². The van der Waals surface area contributed by atoms with Gasteiger partial charge in [-0.15, -0.1) is 11.8 Å². The second kappa shape index (κ2) is 3.56. The van der Waals surface area contributed by atoms with E-state index < -0.39 is 0 Å². The van der Waals surface area contributed by atoms with E-state index in [1.54, 1.807) is 0 Å². The molecule has 0 N–H and O–H groups in total. The Bertz CT molecular complexity index is 115. The Labute approximate surface area is 58.7 Å². The van der Waals surface area contributed by atoms with E-state index in [0.717, 1.165) is 12.8 Å². The molecule has 0 rings (SSSR count). The Balaban J connectivity index is 3.50. The molecule has 52 valence electrons. The molecular weight excluding hydrogens is 108 g/mol. The molecule has 0 nitrogen and oxygen atoms in total. The highest BCUT2D eigenvalue weighted by Crippen LogP contribution is 2.16. The number of hydrogen-bond donors (Lipinski definition) is 0. The minimum absolute atomic E-state index is 0.377. The summed E-state index contributed by atoms with van der Waals surface area (Å²) in [5.74, 6) is 6.18. The van der Waals surface area contributed by atoms with Crippen molar-refractivity contribution in [2.24, 2.45) is 5.41 Å². The first-order valence-electron chi connectivity index (χ1n) is 3.52. The first kappa shape index (κ1) is 8.56. The zero-order chi connectivity index (χ0) is 7.33. The standard InChI is InChI=1S/C9H16/c1-5-6-7-8-9(2,3)4/h5,8H2,1-4H3. The van der Waals surface area contributed by atoms with Gasteiger partial charge >= 0.3 is 0 Å². The summed E-state index contributed by atoms with van der Waals surface area (Å²) in [5.41, 5.74) is 0.377. The molecule has 0 heterocycles. The van der Waals surface area contributed by atoms with Gasteiger partial charge in [0.25, 0.3) is 0 Å². The smallest absolute Gasteiger partial charge is 0.0137 e. The Morgan fingerprint density at radius 2 is 1.67 bits per heavy atom. The average molecular weight is 124 g/mol. The van der Waals surface area contributed by atoms with Gasteiger partial charge < -0.3 is 0 Å². The summed E-state index contributed by atoms with van der Waals surface area (Å²) < 4.78 is 0. The van der Waals surface area contributed by atoms with E-state index in [1.807, 2.05) is 0 Å². The summed E-state index contributed by atoms with van der Waals surface area (Å²) in [6.07, 6.45) is 2.00. The van der Waals surface area contributed by atoms with E-state index in [-0.39, 0.29) is 0 Å². The molecule has 0 unspecified atom stereocenters. The SMILES string of the molecule is CCC#CCC(C)(C)C. The van der Waals surface area contributed by atoms with Crippen LogP contribution in [0.1, 0.15) is 40.5 Å². The normalized spacial score (nSPS) is 10.2. The van der Waals surface area contributed by atoms with Crippen molar-refractivity contribution in [1.82, 2.24) is 0 Å². The van der Waals surface area contributed by atoms with Crippen LogP contribution in [0.3, 0.4) is 0 Å². The molecule has 0 saturated carbocycles. The molecule has 0 aromatic heterocycles. The molecule has 0 amide bonds. The summed E-state index contributed by atoms with van der Waals surface area (Å²) in [4.78, 5) is 0. The summed E-state index contributed by atoms with van der Waals surface area (Å²) in [6.45, 7) is 8.70. The van der Waals surface area contributed by atoms with Crippen LogP contribution >= 0.6 is 0 Å². The van der Waals surface area contributed by atoms with Gasteiger partial charge in [-0.05, 0) is 5.41 Å². The maximum Gasteiger partial charge on any atom is 0.0137 e. The van der Waals surface area contributed by atoms with Crippen LogP contribution < -0.4 is 0 Å². The topological polar surface area (TPSA) is 0 Å². The maximum absolute atomic E-state index is 3.12. The first-order valence-corrected chi connectivity index (χ1v) is 3.52. The highest BCUT2D eigenvalue weighted by Gasteiger charge is 2.05. The lowest BCUT2D eigenvalue weighted by Crippen LogP contribution is -2.01. The van der Waals surface area contributed by atoms with Crippen molar-refractivity contribution in [2.75, 3.05) is 0 Å². The van der Waals surface area contributed by atoms with Crippen molar-refractivity contribution < 1.29 is 0 Å². The Morgan fingerprint density at radius 3 is 2.00 bits per heavy atom. The van der Waals surface area contributed by atoms with Crippen LogP contribution in [0.5, 0.6) is 0 Å². The van der Waals surface area contributed by atoms with Gasteiger partial charge in [0.1, 0.15) is 0 Å². The zero-order valence-electron chi connectivity index (χ0n) is 6.91. The fraction of sp³-hybridized carbons (Fsp3) is 0.778. The third-order valence-electron chi connectivity index (χ3n) is 0.920. The molecule has 0 aromatic carbocycles. The molecule has 0 fully saturated rings. The molecule has 0 aromatic rings. The third-order valence-corrected chi connectivity index (χ3v) is 0.920. The van der Waals surface area contributed by atoms with Gasteiger partial charge in [-0.2, -0.15) is 0 Å². The molecule has 0 radical (unpaired) electrons. The Hall–Kier alpha value is -0.440. The van der Waals surface area contributed by atoms with Crippen LogP contribution in [0.15, 0.2) is 0 Å². The molecule has 0 aliphatic rings. The van der Waals surface area contributed by atoms with Gasteiger partial charge in [0.05, 0.1) is 0 Å². The summed E-state index contributed by atoms with van der Waals surface area (Å²) in [5, 5.41) is 0. The van der Waals surface area contributed by atoms with E-state index in [9.17, 15) is 0 Å². The number of hydrogen-bond acceptors (Lipinski definition) is 0. The molecule has 0 aliphatic heterocycles. The van der Waals surface area contributed by atoms with Crippen molar-refractivity contribution in [1.29, 1.82) is 0 Å². The van der Waals surface area contributed by atoms with Gasteiger partial charge in [-0.25, -0.2) is 0 Å². The van der Waals surface area contributed by atoms with Crippen molar-refractivity contribution in [3.8, 4) is 11.8 Å². The van der Waals surface area contributed by atoms with E-state index in [1.165, 1.54) is 0 Å². The van der Waals surface area contributed by atoms with E-state index >= 15 is 0 Å². The lowest BCUT2D eigenvalue weighted by molar-refractivity contribution is 0.428. The van der Waals surface area contributed by atoms with Crippen LogP contribution in [0.4, 0.5) is 0 Å². The fourth-order valence-electron chi connectivity index (χ4n) is 0.453. The molecule has 0 bridgehead atoms. The van der Waals surface area contributed by atoms with Crippen molar-refractivity contribution in [3.63, 3.8) is 0 Å². The quantitative estimate of drug-likeness (QED) is 0.436. The van der Waals surface area contributed by atoms with Crippen LogP contribution in [-0.2, 0) is 0 Å². The fourth-order valence-corrected chi connectivity index (χ4v) is 0.453. The number of rotatable bonds is 0. The largest absolute Gasteiger partial charge is 0.104 e. The maximum atomic E-state index is 3.12. The Kier molecular flexibility index (Phi) is 3.39. The minimum Gasteiger partial charge on any atom is -0.104 e. The summed E-state index contributed by atoms with van der Waals surface area (Å²) in [6, 6.07) is 0. The first-order chi connectivity index (χ1) is 4.06. The highest BCUT2D eigenvalue weighted by molar-refractivity contribution is 5.00. The van der Waals surface area contributed by atoms with E-state index in [4.69, 9.17) is 0 Å². The predicted molar refractivity (Wildman–Crippen MR) is 42.1 cm³/mol. The lowest BCUT2D eigenvalue weighted by atomic mass is 9.93. The average Bonchev–Trinajstić information content (AvgIpc) is 1.63. The van der Waals surface area contributed by atoms with Gasteiger partial charge in [-0.3, -0.25) is 0 Å². The molecule has 9 heavy (non-hydrogen) atoms. The van der Waals surface area contributed by atoms with Gasteiger partial charge in [0, 0.05) is 12.8 Å². The zero-order valence-corrected chi connectivity index (χ0v) is 6.91. The van der Waals surface area contributed by atoms with Crippen LogP contribution in [0.25, 0.3) is 0 Å². The molecule has 0 saturated heterocycles. The second-order valence-corrected chi connectivity index (χ2v) is 3.44. The third kappa shape index (κ3) is 7.56. The monoisotopic (exact) mass is 124 g/mol. The van der Waals surface area contributed by atoms with Gasteiger partial charge in [-0.1, -0.05) is 27.7 Å².